The van der Waals surface area contributed by atoms with Crippen molar-refractivity contribution >= 4 is 23.2 Å². The third-order valence-corrected chi connectivity index (χ3v) is 5.86. The number of halogens is 1. The van der Waals surface area contributed by atoms with E-state index in [9.17, 15) is 4.79 Å². The first-order valence-corrected chi connectivity index (χ1v) is 10.2. The number of rotatable bonds is 5. The van der Waals surface area contributed by atoms with Gasteiger partial charge in [0.2, 0.25) is 5.91 Å². The number of hydrogen-bond acceptors (Lipinski definition) is 4. The zero-order valence-electron chi connectivity index (χ0n) is 16.2. The number of anilines is 1. The number of hydrogen-bond donors (Lipinski definition) is 1. The second kappa shape index (κ2) is 8.52. The van der Waals surface area contributed by atoms with Gasteiger partial charge in [-0.05, 0) is 48.4 Å². The van der Waals surface area contributed by atoms with E-state index in [0.29, 0.717) is 5.02 Å². The summed E-state index contributed by atoms with van der Waals surface area (Å²) >= 11 is 5.90. The minimum atomic E-state index is -0.157. The molecule has 2 aliphatic rings. The van der Waals surface area contributed by atoms with Crippen molar-refractivity contribution in [3.05, 3.63) is 58.6 Å². The number of fused-ring (bicyclic) bond motifs is 1. The molecule has 1 N–H and O–H groups in total. The van der Waals surface area contributed by atoms with Crippen LogP contribution in [0.3, 0.4) is 0 Å². The van der Waals surface area contributed by atoms with E-state index in [1.54, 1.807) is 12.1 Å². The second-order valence-electron chi connectivity index (χ2n) is 7.52. The monoisotopic (exact) mass is 399 g/mol. The second-order valence-corrected chi connectivity index (χ2v) is 7.96. The lowest BCUT2D eigenvalue weighted by molar-refractivity contribution is -0.121. The fourth-order valence-electron chi connectivity index (χ4n) is 3.85. The lowest BCUT2D eigenvalue weighted by atomic mass is 10.1. The van der Waals surface area contributed by atoms with E-state index < -0.39 is 0 Å². The summed E-state index contributed by atoms with van der Waals surface area (Å²) in [5, 5.41) is 3.64. The van der Waals surface area contributed by atoms with Crippen molar-refractivity contribution < 1.29 is 9.53 Å². The van der Waals surface area contributed by atoms with E-state index in [4.69, 9.17) is 16.3 Å². The first kappa shape index (κ1) is 19.2. The van der Waals surface area contributed by atoms with E-state index in [0.717, 1.165) is 57.2 Å². The molecule has 0 aromatic heterocycles. The summed E-state index contributed by atoms with van der Waals surface area (Å²) in [5.41, 5.74) is 3.44. The average molecular weight is 400 g/mol. The van der Waals surface area contributed by atoms with Gasteiger partial charge in [0.05, 0.1) is 12.6 Å². The third kappa shape index (κ3) is 4.49. The lowest BCUT2D eigenvalue weighted by Gasteiger charge is -2.37. The predicted octanol–water partition coefficient (Wildman–Crippen LogP) is 3.42. The number of amides is 1. The number of carbonyl (C=O) groups is 1. The Morgan fingerprint density at radius 3 is 2.64 bits per heavy atom. The molecule has 4 rings (SSSR count). The van der Waals surface area contributed by atoms with Crippen LogP contribution in [0.5, 0.6) is 5.75 Å². The average Bonchev–Trinajstić information content (AvgIpc) is 3.17. The molecule has 0 bridgehead atoms. The normalized spacial score (nSPS) is 18.4. The van der Waals surface area contributed by atoms with Gasteiger partial charge in [-0.2, -0.15) is 0 Å². The molecule has 2 heterocycles. The first-order chi connectivity index (χ1) is 13.6. The van der Waals surface area contributed by atoms with Crippen molar-refractivity contribution in [1.82, 2.24) is 9.80 Å². The van der Waals surface area contributed by atoms with Crippen molar-refractivity contribution in [3.63, 3.8) is 0 Å². The maximum Gasteiger partial charge on any atom is 0.241 e. The molecule has 1 saturated heterocycles. The Morgan fingerprint density at radius 1 is 1.14 bits per heavy atom. The van der Waals surface area contributed by atoms with Gasteiger partial charge in [-0.3, -0.25) is 14.6 Å². The summed E-state index contributed by atoms with van der Waals surface area (Å²) in [6, 6.07) is 13.6. The van der Waals surface area contributed by atoms with Gasteiger partial charge in [0, 0.05) is 49.9 Å². The van der Waals surface area contributed by atoms with Gasteiger partial charge in [0.25, 0.3) is 0 Å². The molecule has 28 heavy (non-hydrogen) atoms. The lowest BCUT2D eigenvalue weighted by Crippen LogP contribution is -2.52. The summed E-state index contributed by atoms with van der Waals surface area (Å²) in [6.07, 6.45) is 1.01. The van der Waals surface area contributed by atoms with Crippen LogP contribution in [0.2, 0.25) is 5.02 Å². The number of nitrogens with one attached hydrogen (secondary N) is 1. The van der Waals surface area contributed by atoms with Crippen LogP contribution < -0.4 is 10.1 Å². The number of nitrogens with zero attached hydrogens (tertiary/aromatic N) is 2. The maximum atomic E-state index is 12.6. The van der Waals surface area contributed by atoms with E-state index in [1.807, 2.05) is 19.1 Å². The van der Waals surface area contributed by atoms with E-state index in [-0.39, 0.29) is 11.9 Å². The quantitative estimate of drug-likeness (QED) is 0.836. The van der Waals surface area contributed by atoms with Crippen LogP contribution in [0.25, 0.3) is 0 Å². The highest BCUT2D eigenvalue weighted by Gasteiger charge is 2.26. The SMILES string of the molecule is C[C@H](C(=O)Nc1ccc(Cl)cc1)N1CCN(Cc2ccc3c(c2)CCO3)CC1. The zero-order valence-corrected chi connectivity index (χ0v) is 16.9. The van der Waals surface area contributed by atoms with Gasteiger partial charge in [0.1, 0.15) is 5.75 Å². The Labute approximate surface area is 171 Å². The Morgan fingerprint density at radius 2 is 1.89 bits per heavy atom. The summed E-state index contributed by atoms with van der Waals surface area (Å²) < 4.78 is 5.59. The van der Waals surface area contributed by atoms with Gasteiger partial charge in [-0.1, -0.05) is 23.7 Å². The molecule has 1 fully saturated rings. The molecule has 2 aromatic rings. The van der Waals surface area contributed by atoms with Crippen LogP contribution in [0.4, 0.5) is 5.69 Å². The fourth-order valence-corrected chi connectivity index (χ4v) is 3.98. The standard InChI is InChI=1S/C22H26ClN3O2/c1-16(22(27)24-20-5-3-19(23)4-6-20)26-11-9-25(10-12-26)15-17-2-7-21-18(14-17)8-13-28-21/h2-7,14,16H,8-13,15H2,1H3,(H,24,27)/t16-/m1/s1. The van der Waals surface area contributed by atoms with Crippen LogP contribution >= 0.6 is 11.6 Å². The predicted molar refractivity (Wildman–Crippen MR) is 112 cm³/mol. The van der Waals surface area contributed by atoms with Crippen molar-refractivity contribution in [1.29, 1.82) is 0 Å². The maximum absolute atomic E-state index is 12.6. The molecule has 1 amide bonds. The summed E-state index contributed by atoms with van der Waals surface area (Å²) in [5.74, 6) is 1.06. The highest BCUT2D eigenvalue weighted by Crippen LogP contribution is 2.26. The molecule has 5 nitrogen and oxygen atoms in total. The molecule has 2 aliphatic heterocycles. The Kier molecular flexibility index (Phi) is 5.85. The number of piperazine rings is 1. The molecule has 148 valence electrons. The zero-order chi connectivity index (χ0) is 19.5. The van der Waals surface area contributed by atoms with Gasteiger partial charge in [0.15, 0.2) is 0 Å². The van der Waals surface area contributed by atoms with E-state index in [2.05, 4.69) is 33.3 Å². The van der Waals surface area contributed by atoms with E-state index >= 15 is 0 Å². The van der Waals surface area contributed by atoms with E-state index in [1.165, 1.54) is 11.1 Å². The van der Waals surface area contributed by atoms with Crippen molar-refractivity contribution in [2.24, 2.45) is 0 Å². The van der Waals surface area contributed by atoms with Crippen molar-refractivity contribution in [3.8, 4) is 5.75 Å². The van der Waals surface area contributed by atoms with Crippen molar-refractivity contribution in [2.45, 2.75) is 25.9 Å². The molecule has 1 atom stereocenters. The van der Waals surface area contributed by atoms with Crippen LogP contribution in [-0.4, -0.2) is 54.5 Å². The Bertz CT molecular complexity index is 832. The molecular weight excluding hydrogens is 374 g/mol. The van der Waals surface area contributed by atoms with Crippen LogP contribution in [0, 0.1) is 0 Å². The smallest absolute Gasteiger partial charge is 0.241 e. The van der Waals surface area contributed by atoms with Gasteiger partial charge < -0.3 is 10.1 Å². The largest absolute Gasteiger partial charge is 0.493 e. The first-order valence-electron chi connectivity index (χ1n) is 9.86. The molecule has 2 aromatic carbocycles. The van der Waals surface area contributed by atoms with Crippen molar-refractivity contribution in [2.75, 3.05) is 38.1 Å². The highest BCUT2D eigenvalue weighted by atomic mass is 35.5. The minimum Gasteiger partial charge on any atom is -0.493 e. The summed E-state index contributed by atoms with van der Waals surface area (Å²) in [4.78, 5) is 17.3. The van der Waals surface area contributed by atoms with Crippen LogP contribution in [0.1, 0.15) is 18.1 Å². The number of carbonyl (C=O) groups excluding carboxylic acids is 1. The topological polar surface area (TPSA) is 44.8 Å². The molecule has 6 heteroatoms. The molecule has 0 radical (unpaired) electrons. The summed E-state index contributed by atoms with van der Waals surface area (Å²) in [6.45, 7) is 7.44. The Balaban J connectivity index is 1.27. The Hall–Kier alpha value is -2.08. The minimum absolute atomic E-state index is 0.0226. The molecule has 0 aliphatic carbocycles. The van der Waals surface area contributed by atoms with Crippen LogP contribution in [-0.2, 0) is 17.8 Å². The van der Waals surface area contributed by atoms with Gasteiger partial charge in [-0.25, -0.2) is 0 Å². The molecule has 0 unspecified atom stereocenters. The molecule has 0 saturated carbocycles. The summed E-state index contributed by atoms with van der Waals surface area (Å²) in [7, 11) is 0. The molecule has 0 spiro atoms. The fraction of sp³-hybridized carbons (Fsp3) is 0.409. The third-order valence-electron chi connectivity index (χ3n) is 5.61. The molecular formula is C22H26ClN3O2. The van der Waals surface area contributed by atoms with Gasteiger partial charge >= 0.3 is 0 Å². The van der Waals surface area contributed by atoms with Gasteiger partial charge in [-0.15, -0.1) is 0 Å². The number of ether oxygens (including phenoxy) is 1. The number of benzene rings is 2. The van der Waals surface area contributed by atoms with Crippen LogP contribution in [0.15, 0.2) is 42.5 Å². The highest BCUT2D eigenvalue weighted by molar-refractivity contribution is 6.30.